The molecule has 18 heavy (non-hydrogen) atoms. The third-order valence-corrected chi connectivity index (χ3v) is 4.73. The molecule has 4 heteroatoms. The molecular weight excluding hydrogens is 226 g/mol. The zero-order valence-corrected chi connectivity index (χ0v) is 11.8. The van der Waals surface area contributed by atoms with Crippen LogP contribution in [0.1, 0.15) is 39.5 Å². The summed E-state index contributed by atoms with van der Waals surface area (Å²) in [6.45, 7) is 8.29. The molecule has 2 rings (SSSR count). The van der Waals surface area contributed by atoms with Gasteiger partial charge in [0.2, 0.25) is 5.91 Å². The number of nitrogens with two attached hydrogens (primary N) is 1. The molecule has 0 aromatic rings. The first kappa shape index (κ1) is 13.8. The van der Waals surface area contributed by atoms with Crippen LogP contribution >= 0.6 is 0 Å². The van der Waals surface area contributed by atoms with E-state index in [1.165, 1.54) is 6.42 Å². The molecule has 1 heterocycles. The number of hydrogen-bond donors (Lipinski definition) is 1. The standard InChI is InChI=1S/C14H27N3O/c1-3-11(2)16-7-9-17(10-8-16)14(18)12-5-4-6-13(12)15/h11-13H,3-10,15H2,1-2H3. The van der Waals surface area contributed by atoms with Crippen LogP contribution in [0, 0.1) is 5.92 Å². The van der Waals surface area contributed by atoms with E-state index in [-0.39, 0.29) is 12.0 Å². The summed E-state index contributed by atoms with van der Waals surface area (Å²) in [6, 6.07) is 0.737. The largest absolute Gasteiger partial charge is 0.340 e. The van der Waals surface area contributed by atoms with Crippen LogP contribution in [0.15, 0.2) is 0 Å². The second-order valence-electron chi connectivity index (χ2n) is 5.82. The third kappa shape index (κ3) is 2.86. The maximum absolute atomic E-state index is 12.4. The van der Waals surface area contributed by atoms with Crippen molar-refractivity contribution in [3.8, 4) is 0 Å². The molecule has 1 saturated carbocycles. The van der Waals surface area contributed by atoms with Crippen LogP contribution in [-0.2, 0) is 4.79 Å². The summed E-state index contributed by atoms with van der Waals surface area (Å²) in [6.07, 6.45) is 4.31. The molecule has 2 aliphatic rings. The summed E-state index contributed by atoms with van der Waals surface area (Å²) in [5, 5.41) is 0. The van der Waals surface area contributed by atoms with E-state index >= 15 is 0 Å². The number of hydrogen-bond acceptors (Lipinski definition) is 3. The fourth-order valence-corrected chi connectivity index (χ4v) is 3.17. The van der Waals surface area contributed by atoms with Crippen molar-refractivity contribution in [2.75, 3.05) is 26.2 Å². The first-order valence-electron chi connectivity index (χ1n) is 7.42. The molecule has 0 aromatic heterocycles. The van der Waals surface area contributed by atoms with Gasteiger partial charge in [-0.05, 0) is 26.2 Å². The summed E-state index contributed by atoms with van der Waals surface area (Å²) in [5.74, 6) is 0.406. The predicted octanol–water partition coefficient (Wildman–Crippen LogP) is 1.06. The summed E-state index contributed by atoms with van der Waals surface area (Å²) in [7, 11) is 0. The first-order chi connectivity index (χ1) is 8.63. The van der Waals surface area contributed by atoms with Gasteiger partial charge in [-0.15, -0.1) is 0 Å². The lowest BCUT2D eigenvalue weighted by Crippen LogP contribution is -2.53. The number of carbonyl (C=O) groups excluding carboxylic acids is 1. The fraction of sp³-hybridized carbons (Fsp3) is 0.929. The number of carbonyl (C=O) groups is 1. The molecular formula is C14H27N3O. The number of piperazine rings is 1. The topological polar surface area (TPSA) is 49.6 Å². The Hall–Kier alpha value is -0.610. The summed E-state index contributed by atoms with van der Waals surface area (Å²) in [5.41, 5.74) is 6.03. The number of rotatable bonds is 3. The Morgan fingerprint density at radius 1 is 1.28 bits per heavy atom. The molecule has 2 fully saturated rings. The summed E-state index contributed by atoms with van der Waals surface area (Å²) >= 11 is 0. The monoisotopic (exact) mass is 253 g/mol. The van der Waals surface area contributed by atoms with Gasteiger partial charge in [0.05, 0.1) is 5.92 Å². The van der Waals surface area contributed by atoms with Crippen LogP contribution in [0.5, 0.6) is 0 Å². The molecule has 1 aliphatic carbocycles. The van der Waals surface area contributed by atoms with Crippen molar-refractivity contribution >= 4 is 5.91 Å². The minimum absolute atomic E-state index is 0.0974. The Morgan fingerprint density at radius 3 is 2.44 bits per heavy atom. The smallest absolute Gasteiger partial charge is 0.227 e. The van der Waals surface area contributed by atoms with Gasteiger partial charge in [-0.25, -0.2) is 0 Å². The molecule has 2 N–H and O–H groups in total. The molecule has 104 valence electrons. The maximum atomic E-state index is 12.4. The zero-order valence-electron chi connectivity index (χ0n) is 11.8. The summed E-state index contributed by atoms with van der Waals surface area (Å²) < 4.78 is 0. The molecule has 3 atom stereocenters. The van der Waals surface area contributed by atoms with E-state index < -0.39 is 0 Å². The van der Waals surface area contributed by atoms with E-state index in [4.69, 9.17) is 5.73 Å². The minimum Gasteiger partial charge on any atom is -0.340 e. The molecule has 0 spiro atoms. The van der Waals surface area contributed by atoms with Gasteiger partial charge in [0, 0.05) is 38.3 Å². The van der Waals surface area contributed by atoms with E-state index in [0.29, 0.717) is 11.9 Å². The highest BCUT2D eigenvalue weighted by Gasteiger charge is 2.34. The van der Waals surface area contributed by atoms with Crippen molar-refractivity contribution < 1.29 is 4.79 Å². The minimum atomic E-state index is 0.0974. The molecule has 4 nitrogen and oxygen atoms in total. The molecule has 3 unspecified atom stereocenters. The molecule has 0 bridgehead atoms. The fourth-order valence-electron chi connectivity index (χ4n) is 3.17. The Morgan fingerprint density at radius 2 is 1.94 bits per heavy atom. The SMILES string of the molecule is CCC(C)N1CCN(C(=O)C2CCCC2N)CC1. The third-order valence-electron chi connectivity index (χ3n) is 4.73. The van der Waals surface area contributed by atoms with Gasteiger partial charge in [-0.2, -0.15) is 0 Å². The van der Waals surface area contributed by atoms with E-state index in [2.05, 4.69) is 18.7 Å². The highest BCUT2D eigenvalue weighted by Crippen LogP contribution is 2.26. The van der Waals surface area contributed by atoms with Crippen molar-refractivity contribution in [2.45, 2.75) is 51.6 Å². The van der Waals surface area contributed by atoms with Crippen LogP contribution < -0.4 is 5.73 Å². The molecule has 1 saturated heterocycles. The lowest BCUT2D eigenvalue weighted by molar-refractivity contribution is -0.137. The van der Waals surface area contributed by atoms with Gasteiger partial charge in [0.25, 0.3) is 0 Å². The zero-order chi connectivity index (χ0) is 13.1. The Balaban J connectivity index is 1.84. The number of nitrogens with zero attached hydrogens (tertiary/aromatic N) is 2. The van der Waals surface area contributed by atoms with Crippen LogP contribution in [0.3, 0.4) is 0 Å². The quantitative estimate of drug-likeness (QED) is 0.818. The van der Waals surface area contributed by atoms with Gasteiger partial charge in [-0.3, -0.25) is 9.69 Å². The maximum Gasteiger partial charge on any atom is 0.227 e. The van der Waals surface area contributed by atoms with Gasteiger partial charge in [0.1, 0.15) is 0 Å². The molecule has 1 amide bonds. The van der Waals surface area contributed by atoms with Crippen LogP contribution in [-0.4, -0.2) is 54.0 Å². The van der Waals surface area contributed by atoms with Crippen molar-refractivity contribution in [1.29, 1.82) is 0 Å². The van der Waals surface area contributed by atoms with Crippen molar-refractivity contribution in [3.05, 3.63) is 0 Å². The van der Waals surface area contributed by atoms with E-state index in [1.807, 2.05) is 4.90 Å². The van der Waals surface area contributed by atoms with Crippen molar-refractivity contribution in [2.24, 2.45) is 11.7 Å². The van der Waals surface area contributed by atoms with Gasteiger partial charge < -0.3 is 10.6 Å². The van der Waals surface area contributed by atoms with E-state index in [0.717, 1.165) is 45.4 Å². The molecule has 0 radical (unpaired) electrons. The lowest BCUT2D eigenvalue weighted by atomic mass is 10.0. The second kappa shape index (κ2) is 6.02. The predicted molar refractivity (Wildman–Crippen MR) is 73.2 cm³/mol. The molecule has 1 aliphatic heterocycles. The highest BCUT2D eigenvalue weighted by molar-refractivity contribution is 5.80. The summed E-state index contributed by atoms with van der Waals surface area (Å²) in [4.78, 5) is 16.9. The number of amides is 1. The van der Waals surface area contributed by atoms with Gasteiger partial charge in [-0.1, -0.05) is 13.3 Å². The Labute approximate surface area is 110 Å². The van der Waals surface area contributed by atoms with Crippen LogP contribution in [0.4, 0.5) is 0 Å². The van der Waals surface area contributed by atoms with E-state index in [9.17, 15) is 4.79 Å². The Kier molecular flexibility index (Phi) is 4.62. The van der Waals surface area contributed by atoms with Crippen molar-refractivity contribution in [1.82, 2.24) is 9.80 Å². The van der Waals surface area contributed by atoms with Gasteiger partial charge in [0.15, 0.2) is 0 Å². The van der Waals surface area contributed by atoms with E-state index in [1.54, 1.807) is 0 Å². The van der Waals surface area contributed by atoms with Crippen LogP contribution in [0.25, 0.3) is 0 Å². The average molecular weight is 253 g/mol. The Bertz CT molecular complexity index is 287. The average Bonchev–Trinajstić information content (AvgIpc) is 2.83. The van der Waals surface area contributed by atoms with Gasteiger partial charge >= 0.3 is 0 Å². The molecule has 0 aromatic carbocycles. The lowest BCUT2D eigenvalue weighted by Gasteiger charge is -2.39. The first-order valence-corrected chi connectivity index (χ1v) is 7.42. The highest BCUT2D eigenvalue weighted by atomic mass is 16.2. The van der Waals surface area contributed by atoms with Crippen molar-refractivity contribution in [3.63, 3.8) is 0 Å². The normalized spacial score (nSPS) is 31.6. The second-order valence-corrected chi connectivity index (χ2v) is 5.82. The van der Waals surface area contributed by atoms with Crippen LogP contribution in [0.2, 0.25) is 0 Å².